The van der Waals surface area contributed by atoms with Crippen molar-refractivity contribution < 1.29 is 9.53 Å². The molecule has 2 aromatic rings. The lowest BCUT2D eigenvalue weighted by molar-refractivity contribution is -0.116. The van der Waals surface area contributed by atoms with Crippen LogP contribution in [-0.2, 0) is 9.53 Å². The Morgan fingerprint density at radius 2 is 2.19 bits per heavy atom. The number of para-hydroxylation sites is 1. The molecular weight excluding hydrogens is 266 g/mol. The predicted octanol–water partition coefficient (Wildman–Crippen LogP) is 2.04. The summed E-state index contributed by atoms with van der Waals surface area (Å²) >= 11 is 0. The third-order valence-corrected chi connectivity index (χ3v) is 2.87. The van der Waals surface area contributed by atoms with Crippen LogP contribution in [0.15, 0.2) is 48.8 Å². The molecule has 0 saturated carbocycles. The molecule has 110 valence electrons. The number of nitrogens with zero attached hydrogens (tertiary/aromatic N) is 2. The van der Waals surface area contributed by atoms with E-state index in [9.17, 15) is 4.79 Å². The summed E-state index contributed by atoms with van der Waals surface area (Å²) in [7, 11) is 1.64. The van der Waals surface area contributed by atoms with Crippen LogP contribution >= 0.6 is 0 Å². The van der Waals surface area contributed by atoms with Crippen LogP contribution in [0.2, 0.25) is 0 Å². The Balaban J connectivity index is 1.87. The number of methoxy groups -OCH3 is 1. The van der Waals surface area contributed by atoms with E-state index < -0.39 is 0 Å². The maximum absolute atomic E-state index is 11.6. The number of benzene rings is 1. The highest BCUT2D eigenvalue weighted by Crippen LogP contribution is 2.08. The zero-order valence-electron chi connectivity index (χ0n) is 12.0. The van der Waals surface area contributed by atoms with Crippen molar-refractivity contribution in [3.8, 4) is 5.69 Å². The van der Waals surface area contributed by atoms with Gasteiger partial charge >= 0.3 is 0 Å². The fraction of sp³-hybridized carbons (Fsp3) is 0.250. The lowest BCUT2D eigenvalue weighted by Gasteiger charge is -2.00. The third-order valence-electron chi connectivity index (χ3n) is 2.87. The molecular formula is C16H19N3O2. The summed E-state index contributed by atoms with van der Waals surface area (Å²) in [5, 5.41) is 7.06. The lowest BCUT2D eigenvalue weighted by atomic mass is 10.3. The molecule has 0 unspecified atom stereocenters. The minimum Gasteiger partial charge on any atom is -0.385 e. The van der Waals surface area contributed by atoms with Crippen molar-refractivity contribution in [1.29, 1.82) is 0 Å². The van der Waals surface area contributed by atoms with Crippen LogP contribution in [0.25, 0.3) is 11.8 Å². The fourth-order valence-corrected chi connectivity index (χ4v) is 1.80. The Labute approximate surface area is 124 Å². The topological polar surface area (TPSA) is 56.1 Å². The Bertz CT molecular complexity index is 591. The van der Waals surface area contributed by atoms with E-state index in [-0.39, 0.29) is 5.91 Å². The molecule has 0 spiro atoms. The molecule has 1 aromatic carbocycles. The normalized spacial score (nSPS) is 10.9. The van der Waals surface area contributed by atoms with Gasteiger partial charge in [-0.25, -0.2) is 4.68 Å². The predicted molar refractivity (Wildman–Crippen MR) is 82.1 cm³/mol. The van der Waals surface area contributed by atoms with Gasteiger partial charge in [0.2, 0.25) is 5.91 Å². The van der Waals surface area contributed by atoms with Crippen molar-refractivity contribution in [3.63, 3.8) is 0 Å². The Morgan fingerprint density at radius 3 is 2.95 bits per heavy atom. The zero-order valence-corrected chi connectivity index (χ0v) is 12.0. The van der Waals surface area contributed by atoms with Crippen molar-refractivity contribution in [2.75, 3.05) is 20.3 Å². The number of carbonyl (C=O) groups is 1. The number of rotatable bonds is 7. The number of hydrogen-bond donors (Lipinski definition) is 1. The molecule has 0 fully saturated rings. The standard InChI is InChI=1S/C16H19N3O2/c1-21-11-5-10-17-16(20)9-8-14-12-18-19(13-14)15-6-3-2-4-7-15/h2-4,6-9,12-13H,5,10-11H2,1H3,(H,17,20)/b9-8+. The van der Waals surface area contributed by atoms with Crippen molar-refractivity contribution in [2.45, 2.75) is 6.42 Å². The summed E-state index contributed by atoms with van der Waals surface area (Å²) in [4.78, 5) is 11.6. The maximum Gasteiger partial charge on any atom is 0.244 e. The smallest absolute Gasteiger partial charge is 0.244 e. The van der Waals surface area contributed by atoms with Gasteiger partial charge in [0.15, 0.2) is 0 Å². The lowest BCUT2D eigenvalue weighted by Crippen LogP contribution is -2.22. The summed E-state index contributed by atoms with van der Waals surface area (Å²) in [6.45, 7) is 1.26. The SMILES string of the molecule is COCCCNC(=O)/C=C/c1cnn(-c2ccccc2)c1. The van der Waals surface area contributed by atoms with E-state index in [1.165, 1.54) is 6.08 Å². The Hall–Kier alpha value is -2.40. The Morgan fingerprint density at radius 1 is 1.38 bits per heavy atom. The van der Waals surface area contributed by atoms with Crippen LogP contribution in [0.5, 0.6) is 0 Å². The molecule has 5 heteroatoms. The van der Waals surface area contributed by atoms with Gasteiger partial charge in [-0.1, -0.05) is 18.2 Å². The Kier molecular flexibility index (Phi) is 5.72. The summed E-state index contributed by atoms with van der Waals surface area (Å²) in [6.07, 6.45) is 7.67. The van der Waals surface area contributed by atoms with Crippen molar-refractivity contribution >= 4 is 12.0 Å². The quantitative estimate of drug-likeness (QED) is 0.625. The molecule has 0 saturated heterocycles. The number of carbonyl (C=O) groups excluding carboxylic acids is 1. The zero-order chi connectivity index (χ0) is 14.9. The summed E-state index contributed by atoms with van der Waals surface area (Å²) in [5.74, 6) is -0.112. The van der Waals surface area contributed by atoms with E-state index in [1.807, 2.05) is 36.5 Å². The highest BCUT2D eigenvalue weighted by Gasteiger charge is 1.99. The molecule has 1 amide bonds. The molecule has 0 aliphatic heterocycles. The average molecular weight is 285 g/mol. The van der Waals surface area contributed by atoms with Crippen LogP contribution < -0.4 is 5.32 Å². The van der Waals surface area contributed by atoms with Crippen molar-refractivity contribution in [1.82, 2.24) is 15.1 Å². The van der Waals surface area contributed by atoms with E-state index in [1.54, 1.807) is 24.1 Å². The molecule has 0 bridgehead atoms. The minimum absolute atomic E-state index is 0.112. The first-order chi connectivity index (χ1) is 10.3. The largest absolute Gasteiger partial charge is 0.385 e. The molecule has 5 nitrogen and oxygen atoms in total. The van der Waals surface area contributed by atoms with E-state index >= 15 is 0 Å². The first kappa shape index (κ1) is 15.0. The first-order valence-corrected chi connectivity index (χ1v) is 6.84. The number of hydrogen-bond acceptors (Lipinski definition) is 3. The van der Waals surface area contributed by atoms with E-state index in [4.69, 9.17) is 4.74 Å². The van der Waals surface area contributed by atoms with Gasteiger partial charge < -0.3 is 10.1 Å². The third kappa shape index (κ3) is 4.89. The maximum atomic E-state index is 11.6. The van der Waals surface area contributed by atoms with Crippen molar-refractivity contribution in [2.24, 2.45) is 0 Å². The van der Waals surface area contributed by atoms with Crippen LogP contribution in [-0.4, -0.2) is 35.9 Å². The second-order valence-electron chi connectivity index (χ2n) is 4.52. The van der Waals surface area contributed by atoms with Crippen molar-refractivity contribution in [3.05, 3.63) is 54.4 Å². The molecule has 1 aromatic heterocycles. The van der Waals surface area contributed by atoms with E-state index in [2.05, 4.69) is 10.4 Å². The molecule has 1 N–H and O–H groups in total. The van der Waals surface area contributed by atoms with Crippen LogP contribution in [0.1, 0.15) is 12.0 Å². The van der Waals surface area contributed by atoms with E-state index in [0.717, 1.165) is 17.7 Å². The van der Waals surface area contributed by atoms with Gasteiger partial charge in [-0.15, -0.1) is 0 Å². The fourth-order valence-electron chi connectivity index (χ4n) is 1.80. The average Bonchev–Trinajstić information content (AvgIpc) is 2.99. The van der Waals surface area contributed by atoms with Gasteiger partial charge in [-0.2, -0.15) is 5.10 Å². The summed E-state index contributed by atoms with van der Waals surface area (Å²) in [6, 6.07) is 9.83. The molecule has 0 radical (unpaired) electrons. The minimum atomic E-state index is -0.112. The second-order valence-corrected chi connectivity index (χ2v) is 4.52. The molecule has 21 heavy (non-hydrogen) atoms. The van der Waals surface area contributed by atoms with Gasteiger partial charge in [-0.3, -0.25) is 4.79 Å². The number of ether oxygens (including phenoxy) is 1. The molecule has 2 rings (SSSR count). The highest BCUT2D eigenvalue weighted by atomic mass is 16.5. The second kappa shape index (κ2) is 8.01. The van der Waals surface area contributed by atoms with Gasteiger partial charge in [0, 0.05) is 38.1 Å². The molecule has 1 heterocycles. The van der Waals surface area contributed by atoms with Gasteiger partial charge in [0.1, 0.15) is 0 Å². The first-order valence-electron chi connectivity index (χ1n) is 6.84. The van der Waals surface area contributed by atoms with Crippen LogP contribution in [0.4, 0.5) is 0 Å². The summed E-state index contributed by atoms with van der Waals surface area (Å²) < 4.78 is 6.69. The van der Waals surface area contributed by atoms with Gasteiger partial charge in [-0.05, 0) is 24.6 Å². The molecule has 0 aliphatic rings. The number of nitrogens with one attached hydrogen (secondary N) is 1. The summed E-state index contributed by atoms with van der Waals surface area (Å²) in [5.41, 5.74) is 1.87. The monoisotopic (exact) mass is 285 g/mol. The van der Waals surface area contributed by atoms with Crippen LogP contribution in [0, 0.1) is 0 Å². The van der Waals surface area contributed by atoms with Gasteiger partial charge in [0.25, 0.3) is 0 Å². The van der Waals surface area contributed by atoms with E-state index in [0.29, 0.717) is 13.2 Å². The highest BCUT2D eigenvalue weighted by molar-refractivity contribution is 5.91. The molecule has 0 atom stereocenters. The van der Waals surface area contributed by atoms with Crippen LogP contribution in [0.3, 0.4) is 0 Å². The number of aromatic nitrogens is 2. The van der Waals surface area contributed by atoms with Gasteiger partial charge in [0.05, 0.1) is 11.9 Å². The molecule has 0 aliphatic carbocycles. The number of amides is 1.